The van der Waals surface area contributed by atoms with E-state index in [1.165, 1.54) is 0 Å². The van der Waals surface area contributed by atoms with Crippen LogP contribution in [0.5, 0.6) is 5.88 Å². The number of halogens is 2. The molecule has 1 amide bonds. The molecule has 1 aromatic carbocycles. The first-order valence-corrected chi connectivity index (χ1v) is 11.6. The molecule has 2 aromatic heterocycles. The lowest BCUT2D eigenvalue weighted by Gasteiger charge is -2.31. The number of ether oxygens (including phenoxy) is 2. The fourth-order valence-corrected chi connectivity index (χ4v) is 4.57. The summed E-state index contributed by atoms with van der Waals surface area (Å²) in [5.41, 5.74) is 2.36. The molecule has 0 N–H and O–H groups in total. The van der Waals surface area contributed by atoms with E-state index in [1.807, 2.05) is 16.7 Å². The van der Waals surface area contributed by atoms with Crippen LogP contribution in [0.4, 0.5) is 5.95 Å². The molecule has 2 saturated heterocycles. The first kappa shape index (κ1) is 22.1. The smallest absolute Gasteiger partial charge is 0.248 e. The molecule has 0 unspecified atom stereocenters. The average molecular weight is 488 g/mol. The van der Waals surface area contributed by atoms with Gasteiger partial charge in [-0.1, -0.05) is 29.3 Å². The zero-order valence-electron chi connectivity index (χ0n) is 18.1. The van der Waals surface area contributed by atoms with Crippen molar-refractivity contribution in [3.8, 4) is 11.7 Å². The third-order valence-corrected chi connectivity index (χ3v) is 6.75. The summed E-state index contributed by atoms with van der Waals surface area (Å²) >= 11 is 12.6. The van der Waals surface area contributed by atoms with Crippen molar-refractivity contribution < 1.29 is 14.3 Å². The molecular formula is C23H23Cl2N5O3. The lowest BCUT2D eigenvalue weighted by molar-refractivity contribution is -0.122. The van der Waals surface area contributed by atoms with Crippen LogP contribution >= 0.6 is 23.2 Å². The van der Waals surface area contributed by atoms with Crippen LogP contribution in [0.15, 0.2) is 35.3 Å². The topological polar surface area (TPSA) is 81.8 Å². The van der Waals surface area contributed by atoms with Crippen LogP contribution in [0.25, 0.3) is 16.9 Å². The number of aliphatic imine (C=N–C) groups is 1. The highest BCUT2D eigenvalue weighted by Gasteiger charge is 2.29. The Morgan fingerprint density at radius 2 is 1.97 bits per heavy atom. The van der Waals surface area contributed by atoms with Gasteiger partial charge >= 0.3 is 0 Å². The molecule has 33 heavy (non-hydrogen) atoms. The van der Waals surface area contributed by atoms with Gasteiger partial charge in [0.15, 0.2) is 0 Å². The van der Waals surface area contributed by atoms with Gasteiger partial charge < -0.3 is 14.4 Å². The van der Waals surface area contributed by atoms with Gasteiger partial charge in [-0.05, 0) is 31.0 Å². The summed E-state index contributed by atoms with van der Waals surface area (Å²) in [5, 5.41) is 0.886. The second-order valence-electron chi connectivity index (χ2n) is 8.12. The molecule has 0 aliphatic carbocycles. The predicted molar refractivity (Wildman–Crippen MR) is 128 cm³/mol. The van der Waals surface area contributed by atoms with E-state index in [1.54, 1.807) is 25.3 Å². The number of hydrogen-bond acceptors (Lipinski definition) is 6. The van der Waals surface area contributed by atoms with Crippen LogP contribution in [-0.2, 0) is 9.53 Å². The van der Waals surface area contributed by atoms with E-state index in [-0.39, 0.29) is 11.8 Å². The Kier molecular flexibility index (Phi) is 6.23. The molecule has 4 heterocycles. The molecular weight excluding hydrogens is 465 g/mol. The van der Waals surface area contributed by atoms with E-state index in [0.29, 0.717) is 60.9 Å². The summed E-state index contributed by atoms with van der Waals surface area (Å²) in [6.45, 7) is 2.46. The summed E-state index contributed by atoms with van der Waals surface area (Å²) < 4.78 is 12.6. The number of pyridine rings is 1. The van der Waals surface area contributed by atoms with Gasteiger partial charge in [0, 0.05) is 37.2 Å². The van der Waals surface area contributed by atoms with Crippen LogP contribution in [0.2, 0.25) is 10.0 Å². The summed E-state index contributed by atoms with van der Waals surface area (Å²) in [4.78, 5) is 28.6. The zero-order chi connectivity index (χ0) is 22.9. The molecule has 2 aliphatic rings. The van der Waals surface area contributed by atoms with Gasteiger partial charge in [0.2, 0.25) is 17.7 Å². The molecule has 172 valence electrons. The molecule has 8 nitrogen and oxygen atoms in total. The van der Waals surface area contributed by atoms with Crippen LogP contribution in [0, 0.1) is 5.92 Å². The van der Waals surface area contributed by atoms with Crippen LogP contribution in [0.3, 0.4) is 0 Å². The summed E-state index contributed by atoms with van der Waals surface area (Å²) in [5.74, 6) is 1.75. The number of nitrogens with zero attached hydrogens (tertiary/aromatic N) is 5. The van der Waals surface area contributed by atoms with Gasteiger partial charge in [0.05, 0.1) is 41.4 Å². The number of anilines is 1. The van der Waals surface area contributed by atoms with Crippen molar-refractivity contribution in [2.45, 2.75) is 19.3 Å². The standard InChI is InChI=1S/C23H23Cl2N5O3/c1-32-21-4-2-3-20(28-21)30-19-12-17(25)16(24)11-18(19)27-23(30)29-8-5-14(6-9-29)22(31)26-15-7-10-33-13-15/h2-4,11-12,14H,5-10,13H2,1H3. The van der Waals surface area contributed by atoms with Gasteiger partial charge in [-0.2, -0.15) is 4.98 Å². The largest absolute Gasteiger partial charge is 0.481 e. The second kappa shape index (κ2) is 9.29. The van der Waals surface area contributed by atoms with Gasteiger partial charge in [-0.25, -0.2) is 9.98 Å². The summed E-state index contributed by atoms with van der Waals surface area (Å²) in [7, 11) is 1.58. The third kappa shape index (κ3) is 4.43. The minimum Gasteiger partial charge on any atom is -0.481 e. The Labute approximate surface area is 201 Å². The van der Waals surface area contributed by atoms with E-state index in [2.05, 4.69) is 14.9 Å². The van der Waals surface area contributed by atoms with Crippen molar-refractivity contribution in [2.24, 2.45) is 10.9 Å². The number of aromatic nitrogens is 3. The Bertz CT molecular complexity index is 1230. The van der Waals surface area contributed by atoms with Crippen LogP contribution in [-0.4, -0.2) is 59.6 Å². The number of fused-ring (bicyclic) bond motifs is 1. The molecule has 3 aromatic rings. The fraction of sp³-hybridized carbons (Fsp3) is 0.391. The quantitative estimate of drug-likeness (QED) is 0.544. The fourth-order valence-electron chi connectivity index (χ4n) is 4.25. The molecule has 0 saturated carbocycles. The first-order valence-electron chi connectivity index (χ1n) is 10.9. The average Bonchev–Trinajstić information content (AvgIpc) is 3.47. The van der Waals surface area contributed by atoms with Gasteiger partial charge in [-0.3, -0.25) is 9.36 Å². The van der Waals surface area contributed by atoms with Gasteiger partial charge in [-0.15, -0.1) is 0 Å². The molecule has 2 aliphatic heterocycles. The SMILES string of the molecule is COc1cccc(-n2c(N3CCC(C(=O)N=C4CCOC4)CC3)nc3cc(Cl)c(Cl)cc32)n1. The Balaban J connectivity index is 1.47. The normalized spacial score (nSPS) is 18.4. The molecule has 0 radical (unpaired) electrons. The summed E-state index contributed by atoms with van der Waals surface area (Å²) in [6.07, 6.45) is 2.15. The molecule has 5 rings (SSSR count). The highest BCUT2D eigenvalue weighted by atomic mass is 35.5. The number of carbonyl (C=O) groups is 1. The number of rotatable bonds is 4. The predicted octanol–water partition coefficient (Wildman–Crippen LogP) is 4.34. The van der Waals surface area contributed by atoms with Gasteiger partial charge in [0.1, 0.15) is 5.82 Å². The van der Waals surface area contributed by atoms with E-state index in [0.717, 1.165) is 29.1 Å². The molecule has 0 bridgehead atoms. The number of methoxy groups -OCH3 is 1. The second-order valence-corrected chi connectivity index (χ2v) is 8.93. The lowest BCUT2D eigenvalue weighted by atomic mass is 9.96. The Morgan fingerprint density at radius 1 is 1.18 bits per heavy atom. The molecule has 2 fully saturated rings. The van der Waals surface area contributed by atoms with Crippen molar-refractivity contribution >= 4 is 51.8 Å². The number of benzene rings is 1. The Hall–Kier alpha value is -2.68. The maximum Gasteiger partial charge on any atom is 0.248 e. The van der Waals surface area contributed by atoms with E-state index < -0.39 is 0 Å². The number of hydrogen-bond donors (Lipinski definition) is 0. The van der Waals surface area contributed by atoms with Crippen molar-refractivity contribution in [3.63, 3.8) is 0 Å². The number of imidazole rings is 1. The van der Waals surface area contributed by atoms with Crippen LogP contribution in [0.1, 0.15) is 19.3 Å². The minimum absolute atomic E-state index is 0.0447. The number of piperidine rings is 1. The van der Waals surface area contributed by atoms with Crippen LogP contribution < -0.4 is 9.64 Å². The maximum atomic E-state index is 12.6. The van der Waals surface area contributed by atoms with E-state index in [4.69, 9.17) is 37.7 Å². The number of amides is 1. The third-order valence-electron chi connectivity index (χ3n) is 6.02. The maximum absolute atomic E-state index is 12.6. The highest BCUT2D eigenvalue weighted by Crippen LogP contribution is 2.34. The number of carbonyl (C=O) groups excluding carboxylic acids is 1. The van der Waals surface area contributed by atoms with E-state index in [9.17, 15) is 4.79 Å². The Morgan fingerprint density at radius 3 is 2.70 bits per heavy atom. The zero-order valence-corrected chi connectivity index (χ0v) is 19.6. The van der Waals surface area contributed by atoms with Crippen molar-refractivity contribution in [3.05, 3.63) is 40.4 Å². The van der Waals surface area contributed by atoms with Crippen molar-refractivity contribution in [1.82, 2.24) is 14.5 Å². The molecule has 0 spiro atoms. The molecule has 0 atom stereocenters. The highest BCUT2D eigenvalue weighted by molar-refractivity contribution is 6.42. The molecule has 10 heteroatoms. The monoisotopic (exact) mass is 487 g/mol. The van der Waals surface area contributed by atoms with Crippen molar-refractivity contribution in [2.75, 3.05) is 38.3 Å². The first-order chi connectivity index (χ1) is 16.0. The van der Waals surface area contributed by atoms with E-state index >= 15 is 0 Å². The lowest BCUT2D eigenvalue weighted by Crippen LogP contribution is -2.37. The minimum atomic E-state index is -0.0917. The van der Waals surface area contributed by atoms with Gasteiger partial charge in [0.25, 0.3) is 0 Å². The van der Waals surface area contributed by atoms with Crippen molar-refractivity contribution in [1.29, 1.82) is 0 Å². The summed E-state index contributed by atoms with van der Waals surface area (Å²) in [6, 6.07) is 9.12.